The summed E-state index contributed by atoms with van der Waals surface area (Å²) in [7, 11) is 0. The molecule has 0 spiro atoms. The normalized spacial score (nSPS) is 15.0. The zero-order valence-corrected chi connectivity index (χ0v) is 19.1. The van der Waals surface area contributed by atoms with E-state index in [1.54, 1.807) is 36.4 Å². The molecule has 1 N–H and O–H groups in total. The Labute approximate surface area is 192 Å². The van der Waals surface area contributed by atoms with Crippen LogP contribution in [0.3, 0.4) is 0 Å². The fourth-order valence-electron chi connectivity index (χ4n) is 4.03. The first-order valence-corrected chi connectivity index (χ1v) is 11.4. The van der Waals surface area contributed by atoms with Crippen LogP contribution in [0.1, 0.15) is 50.2 Å². The van der Waals surface area contributed by atoms with E-state index < -0.39 is 11.9 Å². The molecule has 166 valence electrons. The zero-order valence-electron chi connectivity index (χ0n) is 17.5. The highest BCUT2D eigenvalue weighted by atomic mass is 35.5. The second-order valence-corrected chi connectivity index (χ2v) is 8.78. The standard InChI is InChI=1S/C24H27Cl2FN2O2/c1-2-22(24(31)28-19-8-4-5-9-19)29(15-17-11-12-18(25)14-20(17)26)23(30)13-16-7-3-6-10-21(16)27/h3,6-7,10-12,14,19,22H,2,4-5,8-9,13,15H2,1H3,(H,28,31). The van der Waals surface area contributed by atoms with E-state index >= 15 is 0 Å². The van der Waals surface area contributed by atoms with Gasteiger partial charge >= 0.3 is 0 Å². The first-order chi connectivity index (χ1) is 14.9. The first kappa shape index (κ1) is 23.6. The molecule has 0 saturated heterocycles. The highest BCUT2D eigenvalue weighted by molar-refractivity contribution is 6.35. The van der Waals surface area contributed by atoms with Crippen molar-refractivity contribution in [3.8, 4) is 0 Å². The van der Waals surface area contributed by atoms with Crippen molar-refractivity contribution in [1.29, 1.82) is 0 Å². The van der Waals surface area contributed by atoms with E-state index in [2.05, 4.69) is 5.32 Å². The molecule has 7 heteroatoms. The summed E-state index contributed by atoms with van der Waals surface area (Å²) in [5, 5.41) is 4.00. The third-order valence-electron chi connectivity index (χ3n) is 5.74. The van der Waals surface area contributed by atoms with Crippen LogP contribution in [0.2, 0.25) is 10.0 Å². The van der Waals surface area contributed by atoms with Crippen LogP contribution in [-0.4, -0.2) is 28.8 Å². The molecule has 0 bridgehead atoms. The van der Waals surface area contributed by atoms with Gasteiger partial charge in [-0.05, 0) is 48.6 Å². The Hall–Kier alpha value is -2.11. The van der Waals surface area contributed by atoms with Crippen molar-refractivity contribution in [2.45, 2.75) is 64.1 Å². The van der Waals surface area contributed by atoms with Crippen LogP contribution in [0.15, 0.2) is 42.5 Å². The number of halogens is 3. The van der Waals surface area contributed by atoms with Gasteiger partial charge in [-0.2, -0.15) is 0 Å². The molecule has 0 radical (unpaired) electrons. The lowest BCUT2D eigenvalue weighted by atomic mass is 10.1. The number of hydrogen-bond donors (Lipinski definition) is 1. The van der Waals surface area contributed by atoms with Crippen molar-refractivity contribution < 1.29 is 14.0 Å². The summed E-state index contributed by atoms with van der Waals surface area (Å²) >= 11 is 12.4. The molecule has 0 aliphatic heterocycles. The second-order valence-electron chi connectivity index (χ2n) is 7.94. The quantitative estimate of drug-likeness (QED) is 0.557. The van der Waals surface area contributed by atoms with Crippen LogP contribution in [0.5, 0.6) is 0 Å². The molecule has 1 aliphatic rings. The van der Waals surface area contributed by atoms with Gasteiger partial charge in [-0.25, -0.2) is 4.39 Å². The Morgan fingerprint density at radius 3 is 2.48 bits per heavy atom. The molecule has 0 heterocycles. The number of hydrogen-bond acceptors (Lipinski definition) is 2. The molecule has 1 unspecified atom stereocenters. The lowest BCUT2D eigenvalue weighted by molar-refractivity contribution is -0.141. The van der Waals surface area contributed by atoms with Gasteiger partial charge in [-0.1, -0.05) is 67.2 Å². The monoisotopic (exact) mass is 464 g/mol. The van der Waals surface area contributed by atoms with E-state index in [4.69, 9.17) is 23.2 Å². The van der Waals surface area contributed by atoms with Crippen molar-refractivity contribution in [2.75, 3.05) is 0 Å². The van der Waals surface area contributed by atoms with E-state index in [9.17, 15) is 14.0 Å². The summed E-state index contributed by atoms with van der Waals surface area (Å²) in [5.41, 5.74) is 0.978. The fourth-order valence-corrected chi connectivity index (χ4v) is 4.49. The van der Waals surface area contributed by atoms with Crippen LogP contribution < -0.4 is 5.32 Å². The number of amides is 2. The lowest BCUT2D eigenvalue weighted by Gasteiger charge is -2.32. The molecule has 1 atom stereocenters. The van der Waals surface area contributed by atoms with Gasteiger partial charge < -0.3 is 10.2 Å². The minimum atomic E-state index is -0.674. The van der Waals surface area contributed by atoms with E-state index in [0.717, 1.165) is 25.7 Å². The minimum absolute atomic E-state index is 0.134. The Balaban J connectivity index is 1.86. The molecule has 2 aromatic carbocycles. The number of carbonyl (C=O) groups excluding carboxylic acids is 2. The number of nitrogens with zero attached hydrogens (tertiary/aromatic N) is 1. The van der Waals surface area contributed by atoms with E-state index in [-0.39, 0.29) is 30.8 Å². The topological polar surface area (TPSA) is 49.4 Å². The van der Waals surface area contributed by atoms with Crippen molar-refractivity contribution in [3.63, 3.8) is 0 Å². The third-order valence-corrected chi connectivity index (χ3v) is 6.33. The van der Waals surface area contributed by atoms with Gasteiger partial charge in [0.2, 0.25) is 11.8 Å². The maximum Gasteiger partial charge on any atom is 0.243 e. The van der Waals surface area contributed by atoms with Gasteiger partial charge in [0.25, 0.3) is 0 Å². The van der Waals surface area contributed by atoms with E-state index in [0.29, 0.717) is 27.6 Å². The Kier molecular flexibility index (Phi) is 8.33. The predicted molar refractivity (Wildman–Crippen MR) is 122 cm³/mol. The molecular formula is C24H27Cl2FN2O2. The van der Waals surface area contributed by atoms with Crippen molar-refractivity contribution in [1.82, 2.24) is 10.2 Å². The molecule has 1 fully saturated rings. The highest BCUT2D eigenvalue weighted by Gasteiger charge is 2.31. The molecule has 2 amide bonds. The maximum atomic E-state index is 14.2. The largest absolute Gasteiger partial charge is 0.352 e. The molecule has 1 aliphatic carbocycles. The third kappa shape index (κ3) is 6.20. The lowest BCUT2D eigenvalue weighted by Crippen LogP contribution is -2.51. The Morgan fingerprint density at radius 2 is 1.84 bits per heavy atom. The minimum Gasteiger partial charge on any atom is -0.352 e. The molecule has 2 aromatic rings. The summed E-state index contributed by atoms with van der Waals surface area (Å²) in [6.07, 6.45) is 4.40. The SMILES string of the molecule is CCC(C(=O)NC1CCCC1)N(Cc1ccc(Cl)cc1Cl)C(=O)Cc1ccccc1F. The predicted octanol–water partition coefficient (Wildman–Crippen LogP) is 5.54. The van der Waals surface area contributed by atoms with Gasteiger partial charge in [0.1, 0.15) is 11.9 Å². The number of nitrogens with one attached hydrogen (secondary N) is 1. The Bertz CT molecular complexity index is 932. The second kappa shape index (κ2) is 11.0. The average Bonchev–Trinajstić information content (AvgIpc) is 3.24. The zero-order chi connectivity index (χ0) is 22.4. The van der Waals surface area contributed by atoms with Gasteiger partial charge in [-0.3, -0.25) is 9.59 Å². The summed E-state index contributed by atoms with van der Waals surface area (Å²) in [5.74, 6) is -0.949. The summed E-state index contributed by atoms with van der Waals surface area (Å²) in [4.78, 5) is 27.9. The van der Waals surface area contributed by atoms with Crippen LogP contribution in [-0.2, 0) is 22.6 Å². The fraction of sp³-hybridized carbons (Fsp3) is 0.417. The van der Waals surface area contributed by atoms with Crippen LogP contribution in [0.25, 0.3) is 0 Å². The molecule has 31 heavy (non-hydrogen) atoms. The first-order valence-electron chi connectivity index (χ1n) is 10.7. The Morgan fingerprint density at radius 1 is 1.13 bits per heavy atom. The highest BCUT2D eigenvalue weighted by Crippen LogP contribution is 2.25. The van der Waals surface area contributed by atoms with E-state index in [1.165, 1.54) is 11.0 Å². The van der Waals surface area contributed by atoms with Crippen molar-refractivity contribution >= 4 is 35.0 Å². The summed E-state index contributed by atoms with van der Waals surface area (Å²) in [6.45, 7) is 2.01. The molecule has 4 nitrogen and oxygen atoms in total. The van der Waals surface area contributed by atoms with Crippen molar-refractivity contribution in [3.05, 3.63) is 69.5 Å². The van der Waals surface area contributed by atoms with Gasteiger partial charge in [-0.15, -0.1) is 0 Å². The van der Waals surface area contributed by atoms with Crippen molar-refractivity contribution in [2.24, 2.45) is 0 Å². The van der Waals surface area contributed by atoms with Gasteiger partial charge in [0.05, 0.1) is 6.42 Å². The van der Waals surface area contributed by atoms with Gasteiger partial charge in [0, 0.05) is 22.6 Å². The van der Waals surface area contributed by atoms with E-state index in [1.807, 2.05) is 6.92 Å². The van der Waals surface area contributed by atoms with Crippen LogP contribution >= 0.6 is 23.2 Å². The molecule has 3 rings (SSSR count). The molecular weight excluding hydrogens is 438 g/mol. The average molecular weight is 465 g/mol. The maximum absolute atomic E-state index is 14.2. The summed E-state index contributed by atoms with van der Waals surface area (Å²) < 4.78 is 14.2. The number of carbonyl (C=O) groups is 2. The number of rotatable bonds is 8. The van der Waals surface area contributed by atoms with Crippen LogP contribution in [0.4, 0.5) is 4.39 Å². The molecule has 0 aromatic heterocycles. The molecule has 1 saturated carbocycles. The number of benzene rings is 2. The van der Waals surface area contributed by atoms with Gasteiger partial charge in [0.15, 0.2) is 0 Å². The summed E-state index contributed by atoms with van der Waals surface area (Å²) in [6, 6.07) is 10.7. The van der Waals surface area contributed by atoms with Crippen LogP contribution in [0, 0.1) is 5.82 Å². The smallest absolute Gasteiger partial charge is 0.243 e.